The fraction of sp³-hybridized carbons (Fsp3) is 0.571. The van der Waals surface area contributed by atoms with Crippen molar-refractivity contribution in [2.75, 3.05) is 0 Å². The van der Waals surface area contributed by atoms with Gasteiger partial charge < -0.3 is 5.32 Å². The SMILES string of the molecule is CC1CC2C(C)C3CCC(Br)NC3CC2C1CC1c2ccccc2-c2ccccc21. The molecule has 1 N–H and O–H groups in total. The highest BCUT2D eigenvalue weighted by atomic mass is 79.9. The zero-order chi connectivity index (χ0) is 20.4. The molecule has 0 radical (unpaired) electrons. The first-order chi connectivity index (χ1) is 14.6. The highest BCUT2D eigenvalue weighted by Gasteiger charge is 2.52. The number of nitrogens with one attached hydrogen (secondary N) is 1. The molecule has 0 spiro atoms. The van der Waals surface area contributed by atoms with E-state index in [1.807, 2.05) is 0 Å². The monoisotopic (exact) mass is 463 g/mol. The van der Waals surface area contributed by atoms with E-state index in [-0.39, 0.29) is 0 Å². The molecule has 0 amide bonds. The van der Waals surface area contributed by atoms with E-state index >= 15 is 0 Å². The molecule has 2 aromatic rings. The minimum atomic E-state index is 0.522. The van der Waals surface area contributed by atoms with E-state index in [9.17, 15) is 0 Å². The summed E-state index contributed by atoms with van der Waals surface area (Å²) in [4.78, 5) is 0.522. The lowest BCUT2D eigenvalue weighted by atomic mass is 9.62. The van der Waals surface area contributed by atoms with Crippen molar-refractivity contribution in [3.05, 3.63) is 59.7 Å². The number of rotatable bonds is 2. The maximum atomic E-state index is 3.94. The van der Waals surface area contributed by atoms with Crippen molar-refractivity contribution in [2.45, 2.75) is 62.9 Å². The van der Waals surface area contributed by atoms with Gasteiger partial charge in [0.1, 0.15) is 0 Å². The molecule has 0 aromatic heterocycles. The average Bonchev–Trinajstić information content (AvgIpc) is 3.24. The van der Waals surface area contributed by atoms with Crippen molar-refractivity contribution in [1.82, 2.24) is 5.32 Å². The van der Waals surface area contributed by atoms with Gasteiger partial charge in [-0.15, -0.1) is 0 Å². The Balaban J connectivity index is 1.31. The maximum absolute atomic E-state index is 3.94. The summed E-state index contributed by atoms with van der Waals surface area (Å²) < 4.78 is 0. The Kier molecular flexibility index (Phi) is 4.88. The van der Waals surface area contributed by atoms with Crippen LogP contribution < -0.4 is 5.32 Å². The van der Waals surface area contributed by atoms with Crippen LogP contribution in [0.4, 0.5) is 0 Å². The summed E-state index contributed by atoms with van der Waals surface area (Å²) in [7, 11) is 0. The number of hydrogen-bond acceptors (Lipinski definition) is 1. The number of alkyl halides is 1. The molecule has 4 aliphatic rings. The van der Waals surface area contributed by atoms with Gasteiger partial charge in [0.15, 0.2) is 0 Å². The molecule has 6 rings (SSSR count). The first-order valence-corrected chi connectivity index (χ1v) is 13.1. The Morgan fingerprint density at radius 1 is 0.833 bits per heavy atom. The summed E-state index contributed by atoms with van der Waals surface area (Å²) in [6, 6.07) is 19.1. The van der Waals surface area contributed by atoms with Gasteiger partial charge in [-0.2, -0.15) is 0 Å². The van der Waals surface area contributed by atoms with E-state index in [0.717, 1.165) is 41.5 Å². The zero-order valence-corrected chi connectivity index (χ0v) is 19.8. The topological polar surface area (TPSA) is 12.0 Å². The standard InChI is InChI=1S/C28H34BrN/c1-16-13-24-17(2)18-11-12-28(29)30-27(18)15-26(24)23(16)14-25-21-9-5-3-7-19(21)20-8-4-6-10-22(20)25/h3-10,16-18,23-28,30H,11-15H2,1-2H3. The van der Waals surface area contributed by atoms with Crippen molar-refractivity contribution in [1.29, 1.82) is 0 Å². The van der Waals surface area contributed by atoms with Crippen LogP contribution in [-0.4, -0.2) is 11.0 Å². The van der Waals surface area contributed by atoms with Crippen LogP contribution in [0.5, 0.6) is 0 Å². The molecule has 2 heteroatoms. The second-order valence-corrected chi connectivity index (χ2v) is 11.8. The van der Waals surface area contributed by atoms with Crippen LogP contribution in [0.25, 0.3) is 11.1 Å². The normalized spacial score (nSPS) is 39.8. The molecule has 1 saturated heterocycles. The van der Waals surface area contributed by atoms with E-state index < -0.39 is 0 Å². The smallest absolute Gasteiger partial charge is 0.0632 e. The average molecular weight is 464 g/mol. The highest BCUT2D eigenvalue weighted by molar-refractivity contribution is 9.09. The van der Waals surface area contributed by atoms with Gasteiger partial charge in [-0.05, 0) is 89.9 Å². The summed E-state index contributed by atoms with van der Waals surface area (Å²) >= 11 is 3.87. The molecular weight excluding hydrogens is 430 g/mol. The highest BCUT2D eigenvalue weighted by Crippen LogP contribution is 2.58. The molecule has 0 bridgehead atoms. The number of halogens is 1. The molecule has 2 saturated carbocycles. The van der Waals surface area contributed by atoms with E-state index in [1.165, 1.54) is 43.2 Å². The first-order valence-electron chi connectivity index (χ1n) is 12.2. The molecule has 8 atom stereocenters. The van der Waals surface area contributed by atoms with Gasteiger partial charge in [0.25, 0.3) is 0 Å². The zero-order valence-electron chi connectivity index (χ0n) is 18.2. The molecule has 3 aliphatic carbocycles. The molecular formula is C28H34BrN. The predicted molar refractivity (Wildman–Crippen MR) is 129 cm³/mol. The van der Waals surface area contributed by atoms with Gasteiger partial charge in [-0.1, -0.05) is 78.3 Å². The van der Waals surface area contributed by atoms with Gasteiger partial charge in [0.2, 0.25) is 0 Å². The molecule has 1 heterocycles. The first kappa shape index (κ1) is 19.6. The number of hydrogen-bond donors (Lipinski definition) is 1. The maximum Gasteiger partial charge on any atom is 0.0632 e. The van der Waals surface area contributed by atoms with Crippen LogP contribution >= 0.6 is 15.9 Å². The van der Waals surface area contributed by atoms with E-state index in [4.69, 9.17) is 0 Å². The summed E-state index contributed by atoms with van der Waals surface area (Å²) in [6.07, 6.45) is 6.87. The Labute approximate surface area is 190 Å². The minimum Gasteiger partial charge on any atom is -0.302 e. The molecule has 1 aliphatic heterocycles. The second-order valence-electron chi connectivity index (χ2n) is 10.7. The number of piperidine rings is 1. The second kappa shape index (κ2) is 7.48. The van der Waals surface area contributed by atoms with Crippen LogP contribution in [0.1, 0.15) is 63.0 Å². The van der Waals surface area contributed by atoms with Crippen LogP contribution in [0, 0.1) is 35.5 Å². The molecule has 30 heavy (non-hydrogen) atoms. The van der Waals surface area contributed by atoms with Crippen LogP contribution in [-0.2, 0) is 0 Å². The van der Waals surface area contributed by atoms with Crippen molar-refractivity contribution in [3.8, 4) is 11.1 Å². The minimum absolute atomic E-state index is 0.522. The fourth-order valence-electron chi connectivity index (χ4n) is 8.13. The largest absolute Gasteiger partial charge is 0.302 e. The molecule has 158 valence electrons. The lowest BCUT2D eigenvalue weighted by Gasteiger charge is -2.49. The Hall–Kier alpha value is -1.12. The summed E-state index contributed by atoms with van der Waals surface area (Å²) in [6.45, 7) is 5.15. The molecule has 2 aromatic carbocycles. The third-order valence-electron chi connectivity index (χ3n) is 9.49. The van der Waals surface area contributed by atoms with Gasteiger partial charge >= 0.3 is 0 Å². The Morgan fingerprint density at radius 2 is 1.50 bits per heavy atom. The van der Waals surface area contributed by atoms with E-state index in [2.05, 4.69) is 83.6 Å². The van der Waals surface area contributed by atoms with Gasteiger partial charge in [0, 0.05) is 12.0 Å². The van der Waals surface area contributed by atoms with Gasteiger partial charge in [-0.3, -0.25) is 0 Å². The van der Waals surface area contributed by atoms with Crippen molar-refractivity contribution < 1.29 is 0 Å². The molecule has 3 fully saturated rings. The Morgan fingerprint density at radius 3 is 2.20 bits per heavy atom. The molecule has 1 nitrogen and oxygen atoms in total. The predicted octanol–water partition coefficient (Wildman–Crippen LogP) is 7.21. The van der Waals surface area contributed by atoms with Crippen LogP contribution in [0.3, 0.4) is 0 Å². The summed E-state index contributed by atoms with van der Waals surface area (Å²) in [5.74, 6) is 5.87. The van der Waals surface area contributed by atoms with Crippen molar-refractivity contribution in [2.24, 2.45) is 35.5 Å². The quantitative estimate of drug-likeness (QED) is 0.366. The lowest BCUT2D eigenvalue weighted by molar-refractivity contribution is 0.0440. The van der Waals surface area contributed by atoms with Crippen molar-refractivity contribution >= 4 is 15.9 Å². The number of fused-ring (bicyclic) bond motifs is 5. The third kappa shape index (κ3) is 2.97. The fourth-order valence-corrected chi connectivity index (χ4v) is 8.73. The van der Waals surface area contributed by atoms with Crippen LogP contribution in [0.2, 0.25) is 0 Å². The van der Waals surface area contributed by atoms with Crippen molar-refractivity contribution in [3.63, 3.8) is 0 Å². The third-order valence-corrected chi connectivity index (χ3v) is 10.2. The van der Waals surface area contributed by atoms with Gasteiger partial charge in [-0.25, -0.2) is 0 Å². The Bertz CT molecular complexity index is 890. The number of benzene rings is 2. The van der Waals surface area contributed by atoms with E-state index in [1.54, 1.807) is 11.1 Å². The lowest BCUT2D eigenvalue weighted by Crippen LogP contribution is -2.53. The van der Waals surface area contributed by atoms with Crippen LogP contribution in [0.15, 0.2) is 48.5 Å². The van der Waals surface area contributed by atoms with E-state index in [0.29, 0.717) is 10.9 Å². The van der Waals surface area contributed by atoms with Gasteiger partial charge in [0.05, 0.1) is 4.95 Å². The summed E-state index contributed by atoms with van der Waals surface area (Å²) in [5.41, 5.74) is 6.11. The molecule has 8 unspecified atom stereocenters. The summed E-state index contributed by atoms with van der Waals surface area (Å²) in [5, 5.41) is 3.94.